The van der Waals surface area contributed by atoms with Gasteiger partial charge in [-0.2, -0.15) is 0 Å². The highest BCUT2D eigenvalue weighted by molar-refractivity contribution is 5.95. The lowest BCUT2D eigenvalue weighted by molar-refractivity contribution is -0.133. The number of amides is 2. The lowest BCUT2D eigenvalue weighted by Crippen LogP contribution is -2.34. The molecule has 5 nitrogen and oxygen atoms in total. The van der Waals surface area contributed by atoms with Crippen molar-refractivity contribution in [3.8, 4) is 0 Å². The van der Waals surface area contributed by atoms with E-state index in [0.717, 1.165) is 36.1 Å². The number of hydrogen-bond acceptors (Lipinski definition) is 3. The third kappa shape index (κ3) is 5.55. The van der Waals surface area contributed by atoms with Crippen molar-refractivity contribution in [3.05, 3.63) is 65.2 Å². The zero-order valence-corrected chi connectivity index (χ0v) is 16.3. The van der Waals surface area contributed by atoms with Crippen LogP contribution >= 0.6 is 12.4 Å². The molecule has 1 aliphatic heterocycles. The SMILES string of the molecule is Cc1ccc(C(N)C(=O)Nc2cccc(CN3CCCCC3=O)c2)cc1.Cl. The fourth-order valence-corrected chi connectivity index (χ4v) is 3.14. The Bertz CT molecular complexity index is 792. The lowest BCUT2D eigenvalue weighted by Gasteiger charge is -2.27. The molecule has 0 bridgehead atoms. The Hall–Kier alpha value is -2.37. The van der Waals surface area contributed by atoms with Crippen LogP contribution in [0.2, 0.25) is 0 Å². The van der Waals surface area contributed by atoms with Gasteiger partial charge in [-0.05, 0) is 43.0 Å². The molecule has 144 valence electrons. The van der Waals surface area contributed by atoms with Gasteiger partial charge < -0.3 is 16.0 Å². The molecule has 0 saturated carbocycles. The van der Waals surface area contributed by atoms with Crippen LogP contribution in [-0.2, 0) is 16.1 Å². The summed E-state index contributed by atoms with van der Waals surface area (Å²) in [4.78, 5) is 26.3. The molecule has 2 aromatic carbocycles. The number of halogens is 1. The number of hydrogen-bond donors (Lipinski definition) is 2. The van der Waals surface area contributed by atoms with Crippen LogP contribution < -0.4 is 11.1 Å². The molecule has 0 spiro atoms. The van der Waals surface area contributed by atoms with E-state index in [9.17, 15) is 9.59 Å². The monoisotopic (exact) mass is 387 g/mol. The van der Waals surface area contributed by atoms with Gasteiger partial charge in [-0.3, -0.25) is 9.59 Å². The minimum atomic E-state index is -0.720. The molecule has 27 heavy (non-hydrogen) atoms. The summed E-state index contributed by atoms with van der Waals surface area (Å²) in [7, 11) is 0. The maximum Gasteiger partial charge on any atom is 0.245 e. The second kappa shape index (κ2) is 9.53. The van der Waals surface area contributed by atoms with Crippen molar-refractivity contribution >= 4 is 29.9 Å². The van der Waals surface area contributed by atoms with Crippen LogP contribution in [0.1, 0.15) is 42.0 Å². The molecule has 3 N–H and O–H groups in total. The smallest absolute Gasteiger partial charge is 0.245 e. The predicted molar refractivity (Wildman–Crippen MR) is 110 cm³/mol. The summed E-state index contributed by atoms with van der Waals surface area (Å²) in [6.45, 7) is 3.37. The maximum atomic E-state index is 12.5. The zero-order valence-electron chi connectivity index (χ0n) is 15.5. The fourth-order valence-electron chi connectivity index (χ4n) is 3.14. The van der Waals surface area contributed by atoms with Gasteiger partial charge in [0.2, 0.25) is 11.8 Å². The molecule has 3 rings (SSSR count). The number of anilines is 1. The maximum absolute atomic E-state index is 12.5. The Balaban J connectivity index is 0.00000261. The van der Waals surface area contributed by atoms with E-state index in [1.54, 1.807) is 0 Å². The fraction of sp³-hybridized carbons (Fsp3) is 0.333. The summed E-state index contributed by atoms with van der Waals surface area (Å²) >= 11 is 0. The van der Waals surface area contributed by atoms with Crippen LogP contribution in [0.25, 0.3) is 0 Å². The van der Waals surface area contributed by atoms with E-state index in [1.165, 1.54) is 0 Å². The highest BCUT2D eigenvalue weighted by Crippen LogP contribution is 2.19. The first-order chi connectivity index (χ1) is 12.5. The average molecular weight is 388 g/mol. The van der Waals surface area contributed by atoms with E-state index in [0.29, 0.717) is 18.7 Å². The number of likely N-dealkylation sites (tertiary alicyclic amines) is 1. The van der Waals surface area contributed by atoms with Gasteiger partial charge in [0.25, 0.3) is 0 Å². The summed E-state index contributed by atoms with van der Waals surface area (Å²) in [6, 6.07) is 14.5. The molecule has 1 heterocycles. The molecule has 2 aromatic rings. The third-order valence-corrected chi connectivity index (χ3v) is 4.71. The van der Waals surface area contributed by atoms with Gasteiger partial charge in [0.05, 0.1) is 0 Å². The number of benzene rings is 2. The summed E-state index contributed by atoms with van der Waals surface area (Å²) in [5.41, 5.74) is 9.68. The van der Waals surface area contributed by atoms with E-state index in [-0.39, 0.29) is 24.2 Å². The van der Waals surface area contributed by atoms with Crippen LogP contribution in [0.3, 0.4) is 0 Å². The average Bonchev–Trinajstić information content (AvgIpc) is 2.64. The minimum Gasteiger partial charge on any atom is -0.338 e. The van der Waals surface area contributed by atoms with Crippen molar-refractivity contribution in [1.29, 1.82) is 0 Å². The molecule has 1 aliphatic rings. The summed E-state index contributed by atoms with van der Waals surface area (Å²) in [6.07, 6.45) is 2.65. The van der Waals surface area contributed by atoms with Gasteiger partial charge >= 0.3 is 0 Å². The number of nitrogens with two attached hydrogens (primary N) is 1. The summed E-state index contributed by atoms with van der Waals surface area (Å²) in [5, 5.41) is 2.88. The Morgan fingerprint density at radius 1 is 1.19 bits per heavy atom. The minimum absolute atomic E-state index is 0. The molecule has 1 unspecified atom stereocenters. The highest BCUT2D eigenvalue weighted by Gasteiger charge is 2.19. The number of carbonyl (C=O) groups excluding carboxylic acids is 2. The predicted octanol–water partition coefficient (Wildman–Crippen LogP) is 3.57. The van der Waals surface area contributed by atoms with Crippen LogP contribution in [0.4, 0.5) is 5.69 Å². The quantitative estimate of drug-likeness (QED) is 0.823. The molecule has 0 aromatic heterocycles. The lowest BCUT2D eigenvalue weighted by atomic mass is 10.0. The van der Waals surface area contributed by atoms with Crippen molar-refractivity contribution in [2.24, 2.45) is 5.73 Å². The van der Waals surface area contributed by atoms with Crippen molar-refractivity contribution in [3.63, 3.8) is 0 Å². The van der Waals surface area contributed by atoms with E-state index < -0.39 is 6.04 Å². The topological polar surface area (TPSA) is 75.4 Å². The second-order valence-corrected chi connectivity index (χ2v) is 6.85. The van der Waals surface area contributed by atoms with Crippen LogP contribution in [0.15, 0.2) is 48.5 Å². The van der Waals surface area contributed by atoms with Gasteiger partial charge in [0, 0.05) is 25.2 Å². The van der Waals surface area contributed by atoms with E-state index in [2.05, 4.69) is 5.32 Å². The molecular formula is C21H26ClN3O2. The molecule has 2 amide bonds. The Labute approximate surface area is 166 Å². The first-order valence-corrected chi connectivity index (χ1v) is 9.02. The van der Waals surface area contributed by atoms with Crippen molar-refractivity contribution in [1.82, 2.24) is 4.90 Å². The van der Waals surface area contributed by atoms with Gasteiger partial charge in [0.15, 0.2) is 0 Å². The van der Waals surface area contributed by atoms with Crippen molar-refractivity contribution in [2.45, 2.75) is 38.8 Å². The number of piperidine rings is 1. The van der Waals surface area contributed by atoms with Crippen molar-refractivity contribution < 1.29 is 9.59 Å². The Morgan fingerprint density at radius 3 is 2.63 bits per heavy atom. The Morgan fingerprint density at radius 2 is 1.93 bits per heavy atom. The van der Waals surface area contributed by atoms with Crippen LogP contribution in [-0.4, -0.2) is 23.3 Å². The second-order valence-electron chi connectivity index (χ2n) is 6.85. The number of carbonyl (C=O) groups is 2. The number of rotatable bonds is 5. The van der Waals surface area contributed by atoms with Crippen LogP contribution in [0, 0.1) is 6.92 Å². The van der Waals surface area contributed by atoms with Gasteiger partial charge in [0.1, 0.15) is 6.04 Å². The summed E-state index contributed by atoms with van der Waals surface area (Å²) in [5.74, 6) is -0.0490. The first kappa shape index (κ1) is 20.9. The highest BCUT2D eigenvalue weighted by atomic mass is 35.5. The van der Waals surface area contributed by atoms with E-state index in [4.69, 9.17) is 5.73 Å². The molecule has 6 heteroatoms. The molecular weight excluding hydrogens is 362 g/mol. The summed E-state index contributed by atoms with van der Waals surface area (Å²) < 4.78 is 0. The van der Waals surface area contributed by atoms with Gasteiger partial charge in [-0.25, -0.2) is 0 Å². The van der Waals surface area contributed by atoms with E-state index >= 15 is 0 Å². The zero-order chi connectivity index (χ0) is 18.5. The first-order valence-electron chi connectivity index (χ1n) is 9.02. The Kier molecular flexibility index (Phi) is 7.39. The molecule has 1 fully saturated rings. The molecule has 1 atom stereocenters. The number of nitrogens with zero attached hydrogens (tertiary/aromatic N) is 1. The number of nitrogens with one attached hydrogen (secondary N) is 1. The van der Waals surface area contributed by atoms with E-state index in [1.807, 2.05) is 60.4 Å². The third-order valence-electron chi connectivity index (χ3n) is 4.71. The molecule has 1 saturated heterocycles. The number of aryl methyl sites for hydroxylation is 1. The largest absolute Gasteiger partial charge is 0.338 e. The van der Waals surface area contributed by atoms with Crippen LogP contribution in [0.5, 0.6) is 0 Å². The van der Waals surface area contributed by atoms with Crippen molar-refractivity contribution in [2.75, 3.05) is 11.9 Å². The standard InChI is InChI=1S/C21H25N3O2.ClH/c1-15-8-10-17(11-9-15)20(22)21(26)23-18-6-4-5-16(13-18)14-24-12-3-2-7-19(24)25;/h4-6,8-11,13,20H,2-3,7,12,14,22H2,1H3,(H,23,26);1H. The molecule has 0 radical (unpaired) electrons. The normalized spacial score (nSPS) is 15.0. The van der Waals surface area contributed by atoms with Gasteiger partial charge in [-0.1, -0.05) is 42.0 Å². The van der Waals surface area contributed by atoms with Gasteiger partial charge in [-0.15, -0.1) is 12.4 Å². The molecule has 0 aliphatic carbocycles.